The number of ether oxygens (including phenoxy) is 3. The van der Waals surface area contributed by atoms with Crippen LogP contribution in [0.25, 0.3) is 20.8 Å². The quantitative estimate of drug-likeness (QED) is 0.379. The number of thiazole rings is 1. The molecule has 0 aliphatic carbocycles. The minimum Gasteiger partial charge on any atom is -0.493 e. The third kappa shape index (κ3) is 4.12. The van der Waals surface area contributed by atoms with E-state index in [9.17, 15) is 13.2 Å². The lowest BCUT2D eigenvalue weighted by Gasteiger charge is -2.11. The molecule has 172 valence electrons. The predicted molar refractivity (Wildman–Crippen MR) is 124 cm³/mol. The molecule has 0 atom stereocenters. The summed E-state index contributed by atoms with van der Waals surface area (Å²) < 4.78 is 50.7. The first-order chi connectivity index (χ1) is 15.8. The van der Waals surface area contributed by atoms with Crippen LogP contribution in [-0.4, -0.2) is 40.7 Å². The van der Waals surface area contributed by atoms with Crippen LogP contribution in [0.3, 0.4) is 0 Å². The van der Waals surface area contributed by atoms with Crippen molar-refractivity contribution < 1.29 is 31.8 Å². The highest BCUT2D eigenvalue weighted by Crippen LogP contribution is 2.41. The second-order valence-electron chi connectivity index (χ2n) is 6.84. The van der Waals surface area contributed by atoms with Gasteiger partial charge >= 0.3 is 5.97 Å². The lowest BCUT2D eigenvalue weighted by molar-refractivity contribution is 0.0599. The van der Waals surface area contributed by atoms with Crippen LogP contribution in [0.1, 0.15) is 16.1 Å². The number of fused-ring (bicyclic) bond motifs is 1. The Bertz CT molecular complexity index is 1420. The number of furan rings is 1. The number of aromatic nitrogens is 1. The van der Waals surface area contributed by atoms with Crippen molar-refractivity contribution >= 4 is 43.4 Å². The number of para-hydroxylation sites is 1. The van der Waals surface area contributed by atoms with Crippen molar-refractivity contribution in [3.8, 4) is 22.1 Å². The van der Waals surface area contributed by atoms with Gasteiger partial charge in [0.2, 0.25) is 5.88 Å². The first-order valence-corrected chi connectivity index (χ1v) is 11.9. The molecule has 0 aliphatic heterocycles. The van der Waals surface area contributed by atoms with E-state index in [4.69, 9.17) is 18.6 Å². The summed E-state index contributed by atoms with van der Waals surface area (Å²) in [6.07, 6.45) is 0. The second kappa shape index (κ2) is 8.75. The number of carbonyl (C=O) groups excluding carboxylic acids is 1. The monoisotopic (exact) mass is 488 g/mol. The van der Waals surface area contributed by atoms with Crippen LogP contribution < -0.4 is 14.2 Å². The van der Waals surface area contributed by atoms with Crippen LogP contribution in [0.2, 0.25) is 0 Å². The zero-order chi connectivity index (χ0) is 23.8. The fourth-order valence-electron chi connectivity index (χ4n) is 3.31. The molecule has 0 fully saturated rings. The number of nitrogens with zero attached hydrogens (tertiary/aromatic N) is 1. The number of benzene rings is 2. The maximum Gasteiger partial charge on any atom is 0.342 e. The molecule has 0 saturated heterocycles. The molecule has 4 aromatic rings. The molecule has 0 aliphatic rings. The van der Waals surface area contributed by atoms with Crippen molar-refractivity contribution in [3.05, 3.63) is 53.8 Å². The third-order valence-electron chi connectivity index (χ3n) is 4.87. The summed E-state index contributed by atoms with van der Waals surface area (Å²) in [6, 6.07) is 11.6. The zero-order valence-corrected chi connectivity index (χ0v) is 19.8. The van der Waals surface area contributed by atoms with E-state index in [1.807, 2.05) is 24.3 Å². The molecular formula is C22H20N2O7S2. The molecule has 0 unspecified atom stereocenters. The number of hydrogen-bond donors (Lipinski definition) is 1. The number of nitrogens with one attached hydrogen (secondary N) is 1. The largest absolute Gasteiger partial charge is 0.493 e. The minimum atomic E-state index is -4.12. The van der Waals surface area contributed by atoms with Gasteiger partial charge < -0.3 is 18.6 Å². The van der Waals surface area contributed by atoms with Crippen molar-refractivity contribution in [1.82, 2.24) is 4.98 Å². The van der Waals surface area contributed by atoms with E-state index in [-0.39, 0.29) is 33.4 Å². The van der Waals surface area contributed by atoms with Crippen LogP contribution in [-0.2, 0) is 14.8 Å². The SMILES string of the molecule is COC(=O)c1c(C)oc(NS(=O)(=O)c2ccc(OC)c(OC)c2)c1-c1nc2ccccc2s1. The van der Waals surface area contributed by atoms with Crippen LogP contribution in [0, 0.1) is 6.92 Å². The van der Waals surface area contributed by atoms with Crippen LogP contribution >= 0.6 is 11.3 Å². The van der Waals surface area contributed by atoms with Gasteiger partial charge in [0.1, 0.15) is 16.3 Å². The Morgan fingerprint density at radius 3 is 2.45 bits per heavy atom. The third-order valence-corrected chi connectivity index (χ3v) is 7.26. The lowest BCUT2D eigenvalue weighted by Crippen LogP contribution is -2.13. The zero-order valence-electron chi connectivity index (χ0n) is 18.2. The van der Waals surface area contributed by atoms with Gasteiger partial charge in [-0.2, -0.15) is 0 Å². The van der Waals surface area contributed by atoms with Gasteiger partial charge in [0.05, 0.1) is 42.0 Å². The molecule has 0 bridgehead atoms. The molecule has 9 nitrogen and oxygen atoms in total. The van der Waals surface area contributed by atoms with Crippen LogP contribution in [0.5, 0.6) is 11.5 Å². The summed E-state index contributed by atoms with van der Waals surface area (Å²) in [5.41, 5.74) is 1.02. The predicted octanol–water partition coefficient (Wildman–Crippen LogP) is 4.47. The van der Waals surface area contributed by atoms with E-state index in [2.05, 4.69) is 9.71 Å². The normalized spacial score (nSPS) is 11.4. The standard InChI is InChI=1S/C22H20N2O7S2/c1-12-18(22(25)30-4)19(21-23-14-7-5-6-8-17(14)32-21)20(31-12)24-33(26,27)13-9-10-15(28-2)16(11-13)29-3/h5-11,24H,1-4H3. The van der Waals surface area contributed by atoms with E-state index >= 15 is 0 Å². The Labute approximate surface area is 194 Å². The average molecular weight is 489 g/mol. The molecule has 4 rings (SSSR count). The molecule has 33 heavy (non-hydrogen) atoms. The van der Waals surface area contributed by atoms with Crippen molar-refractivity contribution in [2.45, 2.75) is 11.8 Å². The van der Waals surface area contributed by atoms with E-state index in [0.29, 0.717) is 16.3 Å². The van der Waals surface area contributed by atoms with Gasteiger partial charge in [-0.15, -0.1) is 11.3 Å². The van der Waals surface area contributed by atoms with Crippen molar-refractivity contribution in [2.24, 2.45) is 0 Å². The van der Waals surface area contributed by atoms with Crippen molar-refractivity contribution in [2.75, 3.05) is 26.1 Å². The number of carbonyl (C=O) groups is 1. The number of rotatable bonds is 7. The molecule has 11 heteroatoms. The van der Waals surface area contributed by atoms with E-state index in [1.54, 1.807) is 6.92 Å². The van der Waals surface area contributed by atoms with Gasteiger partial charge in [0.15, 0.2) is 11.5 Å². The van der Waals surface area contributed by atoms with Crippen LogP contribution in [0.15, 0.2) is 51.8 Å². The van der Waals surface area contributed by atoms with Gasteiger partial charge in [-0.05, 0) is 31.2 Å². The smallest absolute Gasteiger partial charge is 0.342 e. The lowest BCUT2D eigenvalue weighted by atomic mass is 10.1. The molecule has 2 aromatic heterocycles. The highest BCUT2D eigenvalue weighted by atomic mass is 32.2. The topological polar surface area (TPSA) is 117 Å². The Kier molecular flexibility index (Phi) is 6.00. The fourth-order valence-corrected chi connectivity index (χ4v) is 5.34. The van der Waals surface area contributed by atoms with Crippen molar-refractivity contribution in [1.29, 1.82) is 0 Å². The average Bonchev–Trinajstić information content (AvgIpc) is 3.37. The molecule has 1 N–H and O–H groups in total. The molecule has 0 amide bonds. The Balaban J connectivity index is 1.85. The molecule has 0 radical (unpaired) electrons. The van der Waals surface area contributed by atoms with Gasteiger partial charge in [-0.1, -0.05) is 12.1 Å². The number of anilines is 1. The maximum atomic E-state index is 13.2. The summed E-state index contributed by atoms with van der Waals surface area (Å²) in [6.45, 7) is 1.55. The summed E-state index contributed by atoms with van der Waals surface area (Å²) >= 11 is 1.30. The summed E-state index contributed by atoms with van der Waals surface area (Å²) in [5, 5.41) is 0.415. The van der Waals surface area contributed by atoms with Gasteiger partial charge in [-0.25, -0.2) is 22.9 Å². The molecule has 2 aromatic carbocycles. The summed E-state index contributed by atoms with van der Waals surface area (Å²) in [7, 11) is -0.0204. The maximum absolute atomic E-state index is 13.2. The second-order valence-corrected chi connectivity index (χ2v) is 9.55. The van der Waals surface area contributed by atoms with E-state index in [1.165, 1.54) is 50.9 Å². The van der Waals surface area contributed by atoms with Gasteiger partial charge in [0, 0.05) is 6.07 Å². The summed E-state index contributed by atoms with van der Waals surface area (Å²) in [4.78, 5) is 17.0. The van der Waals surface area contributed by atoms with Crippen molar-refractivity contribution in [3.63, 3.8) is 0 Å². The summed E-state index contributed by atoms with van der Waals surface area (Å²) in [5.74, 6) is 0.0241. The number of esters is 1. The molecule has 0 spiro atoms. The number of aryl methyl sites for hydroxylation is 1. The fraction of sp³-hybridized carbons (Fsp3) is 0.182. The number of hydrogen-bond acceptors (Lipinski definition) is 9. The van der Waals surface area contributed by atoms with Crippen LogP contribution in [0.4, 0.5) is 5.88 Å². The highest BCUT2D eigenvalue weighted by Gasteiger charge is 2.30. The Hall–Kier alpha value is -3.57. The highest BCUT2D eigenvalue weighted by molar-refractivity contribution is 7.92. The Morgan fingerprint density at radius 2 is 1.79 bits per heavy atom. The first-order valence-electron chi connectivity index (χ1n) is 9.61. The molecule has 2 heterocycles. The molecular weight excluding hydrogens is 468 g/mol. The van der Waals surface area contributed by atoms with Gasteiger partial charge in [0.25, 0.3) is 10.0 Å². The van der Waals surface area contributed by atoms with E-state index < -0.39 is 16.0 Å². The number of methoxy groups -OCH3 is 3. The van der Waals surface area contributed by atoms with Gasteiger partial charge in [-0.3, -0.25) is 0 Å². The minimum absolute atomic E-state index is 0.0796. The first kappa shape index (κ1) is 22.6. The van der Waals surface area contributed by atoms with E-state index in [0.717, 1.165) is 4.70 Å². The molecule has 0 saturated carbocycles. The Morgan fingerprint density at radius 1 is 1.06 bits per heavy atom. The number of sulfonamides is 1.